The lowest BCUT2D eigenvalue weighted by molar-refractivity contribution is -0.131. The van der Waals surface area contributed by atoms with Gasteiger partial charge in [0.2, 0.25) is 0 Å². The zero-order valence-corrected chi connectivity index (χ0v) is 11.7. The minimum absolute atomic E-state index is 0.481. The topological polar surface area (TPSA) is 61.1 Å². The summed E-state index contributed by atoms with van der Waals surface area (Å²) < 4.78 is 0. The maximum absolute atomic E-state index is 11.0. The van der Waals surface area contributed by atoms with Crippen LogP contribution in [-0.2, 0) is 10.2 Å². The monoisotopic (exact) mass is 277 g/mol. The average Bonchev–Trinajstić information content (AvgIpc) is 2.50. The summed E-state index contributed by atoms with van der Waals surface area (Å²) in [7, 11) is 0. The molecule has 0 saturated heterocycles. The van der Waals surface area contributed by atoms with E-state index >= 15 is 0 Å². The standard InChI is InChI=1S/C18H15NO2/c1-14(12-17(20)21)18(13-19,15-8-4-2-5-9-15)16-10-6-3-7-11-16/h2-12H,1H3,(H,20,21)/b14-12-. The van der Waals surface area contributed by atoms with Gasteiger partial charge in [0, 0.05) is 6.08 Å². The van der Waals surface area contributed by atoms with Gasteiger partial charge in [-0.25, -0.2) is 4.79 Å². The maximum Gasteiger partial charge on any atom is 0.328 e. The van der Waals surface area contributed by atoms with Crippen LogP contribution >= 0.6 is 0 Å². The van der Waals surface area contributed by atoms with E-state index in [9.17, 15) is 10.1 Å². The van der Waals surface area contributed by atoms with Crippen molar-refractivity contribution >= 4 is 5.97 Å². The van der Waals surface area contributed by atoms with E-state index in [0.29, 0.717) is 5.57 Å². The first-order chi connectivity index (χ1) is 10.1. The van der Waals surface area contributed by atoms with Gasteiger partial charge < -0.3 is 5.11 Å². The fourth-order valence-corrected chi connectivity index (χ4v) is 2.51. The molecular weight excluding hydrogens is 262 g/mol. The van der Waals surface area contributed by atoms with Crippen LogP contribution in [0.4, 0.5) is 0 Å². The van der Waals surface area contributed by atoms with Crippen LogP contribution in [0, 0.1) is 11.3 Å². The largest absolute Gasteiger partial charge is 0.478 e. The predicted octanol–water partition coefficient (Wildman–Crippen LogP) is 3.53. The quantitative estimate of drug-likeness (QED) is 0.870. The van der Waals surface area contributed by atoms with E-state index in [-0.39, 0.29) is 0 Å². The zero-order valence-electron chi connectivity index (χ0n) is 11.7. The predicted molar refractivity (Wildman–Crippen MR) is 80.7 cm³/mol. The third-order valence-corrected chi connectivity index (χ3v) is 3.51. The van der Waals surface area contributed by atoms with E-state index in [4.69, 9.17) is 5.11 Å². The smallest absolute Gasteiger partial charge is 0.328 e. The van der Waals surface area contributed by atoms with Crippen molar-refractivity contribution < 1.29 is 9.90 Å². The van der Waals surface area contributed by atoms with E-state index in [0.717, 1.165) is 17.2 Å². The van der Waals surface area contributed by atoms with Crippen molar-refractivity contribution in [3.05, 3.63) is 83.4 Å². The van der Waals surface area contributed by atoms with Gasteiger partial charge in [0.1, 0.15) is 5.41 Å². The highest BCUT2D eigenvalue weighted by atomic mass is 16.4. The molecule has 0 fully saturated rings. The van der Waals surface area contributed by atoms with E-state index in [1.165, 1.54) is 0 Å². The molecule has 0 atom stereocenters. The third-order valence-electron chi connectivity index (χ3n) is 3.51. The fraction of sp³-hybridized carbons (Fsp3) is 0.111. The highest BCUT2D eigenvalue weighted by Crippen LogP contribution is 2.38. The molecule has 2 aromatic rings. The van der Waals surface area contributed by atoms with Gasteiger partial charge in [-0.3, -0.25) is 0 Å². The normalized spacial score (nSPS) is 11.7. The fourth-order valence-electron chi connectivity index (χ4n) is 2.51. The van der Waals surface area contributed by atoms with E-state index in [2.05, 4.69) is 6.07 Å². The van der Waals surface area contributed by atoms with E-state index in [1.807, 2.05) is 60.7 Å². The number of carbonyl (C=O) groups is 1. The van der Waals surface area contributed by atoms with Crippen molar-refractivity contribution in [1.29, 1.82) is 5.26 Å². The SMILES string of the molecule is C/C(=C/C(=O)O)C(C#N)(c1ccccc1)c1ccccc1. The molecule has 3 heteroatoms. The molecule has 0 aliphatic carbocycles. The van der Waals surface area contributed by atoms with Crippen LogP contribution in [0.5, 0.6) is 0 Å². The van der Waals surface area contributed by atoms with Crippen LogP contribution in [0.15, 0.2) is 72.3 Å². The highest BCUT2D eigenvalue weighted by Gasteiger charge is 2.36. The number of carboxylic acid groups (broad SMARTS) is 1. The number of allylic oxidation sites excluding steroid dienone is 1. The molecule has 0 spiro atoms. The summed E-state index contributed by atoms with van der Waals surface area (Å²) >= 11 is 0. The lowest BCUT2D eigenvalue weighted by atomic mass is 9.70. The summed E-state index contributed by atoms with van der Waals surface area (Å²) in [6, 6.07) is 20.8. The molecule has 0 aromatic heterocycles. The van der Waals surface area contributed by atoms with Gasteiger partial charge in [-0.1, -0.05) is 60.7 Å². The Morgan fingerprint density at radius 2 is 1.48 bits per heavy atom. The van der Waals surface area contributed by atoms with Gasteiger partial charge in [-0.05, 0) is 23.6 Å². The van der Waals surface area contributed by atoms with Gasteiger partial charge in [-0.15, -0.1) is 0 Å². The molecule has 0 aliphatic rings. The van der Waals surface area contributed by atoms with Gasteiger partial charge in [0.15, 0.2) is 0 Å². The number of benzene rings is 2. The molecule has 2 rings (SSSR count). The molecule has 104 valence electrons. The van der Waals surface area contributed by atoms with Gasteiger partial charge in [-0.2, -0.15) is 5.26 Å². The zero-order chi connectivity index (χ0) is 15.3. The Morgan fingerprint density at radius 1 is 1.05 bits per heavy atom. The Labute approximate surface area is 123 Å². The van der Waals surface area contributed by atoms with Gasteiger partial charge >= 0.3 is 5.97 Å². The summed E-state index contributed by atoms with van der Waals surface area (Å²) in [5, 5.41) is 18.9. The van der Waals surface area contributed by atoms with Crippen molar-refractivity contribution in [2.24, 2.45) is 0 Å². The number of carboxylic acids is 1. The Kier molecular flexibility index (Phi) is 4.20. The molecule has 0 heterocycles. The van der Waals surface area contributed by atoms with Crippen molar-refractivity contribution in [2.75, 3.05) is 0 Å². The molecule has 3 nitrogen and oxygen atoms in total. The van der Waals surface area contributed by atoms with Crippen molar-refractivity contribution in [1.82, 2.24) is 0 Å². The first kappa shape index (κ1) is 14.5. The number of nitrogens with zero attached hydrogens (tertiary/aromatic N) is 1. The summed E-state index contributed by atoms with van der Waals surface area (Å²) in [5.74, 6) is -1.06. The van der Waals surface area contributed by atoms with Crippen LogP contribution in [-0.4, -0.2) is 11.1 Å². The number of nitriles is 1. The third kappa shape index (κ3) is 2.70. The first-order valence-corrected chi connectivity index (χ1v) is 6.55. The molecule has 0 bridgehead atoms. The van der Waals surface area contributed by atoms with Crippen LogP contribution in [0.3, 0.4) is 0 Å². The van der Waals surface area contributed by atoms with Crippen molar-refractivity contribution in [3.63, 3.8) is 0 Å². The molecule has 21 heavy (non-hydrogen) atoms. The summed E-state index contributed by atoms with van der Waals surface area (Å²) in [5.41, 5.74) is 0.901. The molecule has 0 aliphatic heterocycles. The number of rotatable bonds is 4. The van der Waals surface area contributed by atoms with Gasteiger partial charge in [0.05, 0.1) is 6.07 Å². The average molecular weight is 277 g/mol. The second-order valence-electron chi connectivity index (χ2n) is 4.76. The van der Waals surface area contributed by atoms with Gasteiger partial charge in [0.25, 0.3) is 0 Å². The second-order valence-corrected chi connectivity index (χ2v) is 4.76. The van der Waals surface area contributed by atoms with E-state index < -0.39 is 11.4 Å². The molecule has 0 radical (unpaired) electrons. The number of hydrogen-bond acceptors (Lipinski definition) is 2. The molecule has 0 saturated carbocycles. The van der Waals surface area contributed by atoms with Crippen LogP contribution in [0.2, 0.25) is 0 Å². The second kappa shape index (κ2) is 6.06. The summed E-state index contributed by atoms with van der Waals surface area (Å²) in [6.45, 7) is 1.68. The summed E-state index contributed by atoms with van der Waals surface area (Å²) in [6.07, 6.45) is 1.10. The molecule has 2 aromatic carbocycles. The molecular formula is C18H15NO2. The molecule has 0 unspecified atom stereocenters. The summed E-state index contributed by atoms with van der Waals surface area (Å²) in [4.78, 5) is 11.0. The maximum atomic E-state index is 11.0. The Bertz CT molecular complexity index is 658. The highest BCUT2D eigenvalue weighted by molar-refractivity contribution is 5.82. The Morgan fingerprint density at radius 3 is 1.81 bits per heavy atom. The number of aliphatic carboxylic acids is 1. The van der Waals surface area contributed by atoms with Crippen LogP contribution in [0.1, 0.15) is 18.1 Å². The van der Waals surface area contributed by atoms with E-state index in [1.54, 1.807) is 6.92 Å². The van der Waals surface area contributed by atoms with Crippen molar-refractivity contribution in [2.45, 2.75) is 12.3 Å². The Hall–Kier alpha value is -2.86. The van der Waals surface area contributed by atoms with Crippen molar-refractivity contribution in [3.8, 4) is 6.07 Å². The minimum atomic E-state index is -1.10. The number of hydrogen-bond donors (Lipinski definition) is 1. The molecule has 1 N–H and O–H groups in total. The molecule has 0 amide bonds. The lowest BCUT2D eigenvalue weighted by Crippen LogP contribution is -2.28. The minimum Gasteiger partial charge on any atom is -0.478 e. The van der Waals surface area contributed by atoms with Crippen LogP contribution < -0.4 is 0 Å². The van der Waals surface area contributed by atoms with Crippen LogP contribution in [0.25, 0.3) is 0 Å². The lowest BCUT2D eigenvalue weighted by Gasteiger charge is -2.28. The first-order valence-electron chi connectivity index (χ1n) is 6.55. The Balaban J connectivity index is 2.76.